The number of methoxy groups -OCH3 is 1. The lowest BCUT2D eigenvalue weighted by Crippen LogP contribution is -2.01. The van der Waals surface area contributed by atoms with Gasteiger partial charge in [0.1, 0.15) is 11.9 Å². The summed E-state index contributed by atoms with van der Waals surface area (Å²) in [6.07, 6.45) is 3.57. The van der Waals surface area contributed by atoms with Gasteiger partial charge in [0.25, 0.3) is 0 Å². The van der Waals surface area contributed by atoms with Gasteiger partial charge in [-0.15, -0.1) is 0 Å². The van der Waals surface area contributed by atoms with Gasteiger partial charge in [0, 0.05) is 23.9 Å². The van der Waals surface area contributed by atoms with Crippen molar-refractivity contribution in [2.24, 2.45) is 5.73 Å². The molecule has 0 fully saturated rings. The third-order valence-electron chi connectivity index (χ3n) is 3.31. The number of nitrogens with zero attached hydrogens (tertiary/aromatic N) is 2. The number of aromatic nitrogens is 2. The lowest BCUT2D eigenvalue weighted by molar-refractivity contribution is 0.314. The second-order valence-corrected chi connectivity index (χ2v) is 4.81. The van der Waals surface area contributed by atoms with Crippen molar-refractivity contribution >= 4 is 0 Å². The van der Waals surface area contributed by atoms with Crippen LogP contribution in [-0.2, 0) is 6.54 Å². The number of halogens is 1. The molecule has 1 unspecified atom stereocenters. The number of rotatable bonds is 6. The number of ether oxygens (including phenoxy) is 1. The fourth-order valence-electron chi connectivity index (χ4n) is 2.14. The van der Waals surface area contributed by atoms with E-state index in [1.807, 2.05) is 19.1 Å². The molecule has 0 saturated heterocycles. The van der Waals surface area contributed by atoms with E-state index < -0.39 is 6.17 Å². The van der Waals surface area contributed by atoms with Crippen molar-refractivity contribution in [2.75, 3.05) is 7.11 Å². The Balaban J connectivity index is 2.33. The Morgan fingerprint density at radius 1 is 1.29 bits per heavy atom. The maximum absolute atomic E-state index is 13.8. The van der Waals surface area contributed by atoms with Crippen molar-refractivity contribution < 1.29 is 9.13 Å². The van der Waals surface area contributed by atoms with Crippen LogP contribution in [0, 0.1) is 0 Å². The van der Waals surface area contributed by atoms with Gasteiger partial charge in [-0.1, -0.05) is 19.4 Å². The van der Waals surface area contributed by atoms with Crippen LogP contribution in [0.3, 0.4) is 0 Å². The highest BCUT2D eigenvalue weighted by molar-refractivity contribution is 5.69. The molecule has 2 heterocycles. The summed E-state index contributed by atoms with van der Waals surface area (Å²) in [5, 5.41) is 0. The summed E-state index contributed by atoms with van der Waals surface area (Å²) in [5.41, 5.74) is 8.57. The van der Waals surface area contributed by atoms with E-state index in [0.717, 1.165) is 23.2 Å². The van der Waals surface area contributed by atoms with Crippen molar-refractivity contribution in [3.63, 3.8) is 0 Å². The molecular formula is C16H20FN3O. The average molecular weight is 289 g/mol. The average Bonchev–Trinajstić information content (AvgIpc) is 2.54. The van der Waals surface area contributed by atoms with Gasteiger partial charge in [-0.05, 0) is 18.6 Å². The molecule has 0 saturated carbocycles. The van der Waals surface area contributed by atoms with Gasteiger partial charge < -0.3 is 10.5 Å². The first kappa shape index (κ1) is 15.4. The lowest BCUT2D eigenvalue weighted by atomic mass is 10.1. The Kier molecular flexibility index (Phi) is 5.22. The van der Waals surface area contributed by atoms with Crippen molar-refractivity contribution in [3.05, 3.63) is 42.0 Å². The molecule has 1 atom stereocenters. The van der Waals surface area contributed by atoms with Crippen molar-refractivity contribution in [1.29, 1.82) is 0 Å². The second kappa shape index (κ2) is 7.13. The van der Waals surface area contributed by atoms with Crippen molar-refractivity contribution in [3.8, 4) is 16.9 Å². The van der Waals surface area contributed by atoms with E-state index in [4.69, 9.17) is 10.5 Å². The fourth-order valence-corrected chi connectivity index (χ4v) is 2.14. The molecule has 4 nitrogen and oxygen atoms in total. The van der Waals surface area contributed by atoms with Crippen LogP contribution in [-0.4, -0.2) is 17.1 Å². The van der Waals surface area contributed by atoms with Gasteiger partial charge in [0.2, 0.25) is 0 Å². The van der Waals surface area contributed by atoms with Gasteiger partial charge in [-0.25, -0.2) is 4.39 Å². The predicted octanol–water partition coefficient (Wildman–Crippen LogP) is 3.42. The summed E-state index contributed by atoms with van der Waals surface area (Å²) in [4.78, 5) is 8.42. The Morgan fingerprint density at radius 2 is 2.10 bits per heavy atom. The Hall–Kier alpha value is -2.01. The zero-order chi connectivity index (χ0) is 15.2. The molecule has 2 rings (SSSR count). The Morgan fingerprint density at radius 3 is 2.67 bits per heavy atom. The topological polar surface area (TPSA) is 61.0 Å². The van der Waals surface area contributed by atoms with Crippen LogP contribution in [0.25, 0.3) is 11.1 Å². The normalized spacial score (nSPS) is 12.2. The third kappa shape index (κ3) is 3.55. The highest BCUT2D eigenvalue weighted by Crippen LogP contribution is 2.30. The van der Waals surface area contributed by atoms with E-state index in [9.17, 15) is 4.39 Å². The Labute approximate surface area is 124 Å². The summed E-state index contributed by atoms with van der Waals surface area (Å²) in [6.45, 7) is 2.31. The molecule has 0 aliphatic carbocycles. The van der Waals surface area contributed by atoms with Gasteiger partial charge in [0.15, 0.2) is 0 Å². The van der Waals surface area contributed by atoms with Crippen LogP contribution in [0.1, 0.15) is 37.3 Å². The molecule has 2 aromatic heterocycles. The van der Waals surface area contributed by atoms with Crippen molar-refractivity contribution in [1.82, 2.24) is 9.97 Å². The number of hydrogen-bond acceptors (Lipinski definition) is 4. The van der Waals surface area contributed by atoms with E-state index in [-0.39, 0.29) is 0 Å². The zero-order valence-electron chi connectivity index (χ0n) is 12.3. The maximum Gasteiger partial charge on any atom is 0.145 e. The minimum Gasteiger partial charge on any atom is -0.494 e. The molecule has 2 N–H and O–H groups in total. The standard InChI is InChI=1S/C16H20FN3O/c1-3-4-14(17)15-6-5-11(9-20-15)13-7-12(8-18)19-10-16(13)21-2/h5-7,9-10,14H,3-4,8,18H2,1-2H3. The van der Waals surface area contributed by atoms with Crippen LogP contribution in [0.2, 0.25) is 0 Å². The summed E-state index contributed by atoms with van der Waals surface area (Å²) in [6, 6.07) is 5.44. The molecule has 2 aromatic rings. The zero-order valence-corrected chi connectivity index (χ0v) is 12.3. The first-order chi connectivity index (χ1) is 10.2. The monoisotopic (exact) mass is 289 g/mol. The van der Waals surface area contributed by atoms with Gasteiger partial charge in [0.05, 0.1) is 24.7 Å². The molecule has 0 aliphatic rings. The highest BCUT2D eigenvalue weighted by atomic mass is 19.1. The summed E-state index contributed by atoms with van der Waals surface area (Å²) >= 11 is 0. The van der Waals surface area contributed by atoms with Crippen LogP contribution in [0.4, 0.5) is 4.39 Å². The smallest absolute Gasteiger partial charge is 0.145 e. The molecule has 112 valence electrons. The van der Waals surface area contributed by atoms with Gasteiger partial charge >= 0.3 is 0 Å². The van der Waals surface area contributed by atoms with Crippen molar-refractivity contribution in [2.45, 2.75) is 32.5 Å². The number of alkyl halides is 1. The summed E-state index contributed by atoms with van der Waals surface area (Å²) in [7, 11) is 1.59. The largest absolute Gasteiger partial charge is 0.494 e. The molecule has 0 bridgehead atoms. The van der Waals surface area contributed by atoms with E-state index in [1.54, 1.807) is 25.6 Å². The molecule has 5 heteroatoms. The number of hydrogen-bond donors (Lipinski definition) is 1. The van der Waals surface area contributed by atoms with Crippen LogP contribution >= 0.6 is 0 Å². The molecule has 0 radical (unpaired) electrons. The first-order valence-electron chi connectivity index (χ1n) is 7.03. The van der Waals surface area contributed by atoms with Gasteiger partial charge in [-0.2, -0.15) is 0 Å². The van der Waals surface area contributed by atoms with Crippen LogP contribution in [0.15, 0.2) is 30.6 Å². The highest BCUT2D eigenvalue weighted by Gasteiger charge is 2.12. The van der Waals surface area contributed by atoms with Gasteiger partial charge in [-0.3, -0.25) is 9.97 Å². The first-order valence-corrected chi connectivity index (χ1v) is 7.03. The number of nitrogens with two attached hydrogens (primary N) is 1. The quantitative estimate of drug-likeness (QED) is 0.885. The van der Waals surface area contributed by atoms with Crippen LogP contribution < -0.4 is 10.5 Å². The minimum atomic E-state index is -1.01. The predicted molar refractivity (Wildman–Crippen MR) is 80.7 cm³/mol. The Bertz CT molecular complexity index is 587. The molecule has 0 aromatic carbocycles. The summed E-state index contributed by atoms with van der Waals surface area (Å²) in [5.74, 6) is 0.645. The third-order valence-corrected chi connectivity index (χ3v) is 3.31. The minimum absolute atomic E-state index is 0.353. The van der Waals surface area contributed by atoms with E-state index in [0.29, 0.717) is 24.4 Å². The van der Waals surface area contributed by atoms with E-state index in [2.05, 4.69) is 9.97 Å². The fraction of sp³-hybridized carbons (Fsp3) is 0.375. The molecule has 0 amide bonds. The molecular weight excluding hydrogens is 269 g/mol. The molecule has 21 heavy (non-hydrogen) atoms. The second-order valence-electron chi connectivity index (χ2n) is 4.81. The summed E-state index contributed by atoms with van der Waals surface area (Å²) < 4.78 is 19.1. The van der Waals surface area contributed by atoms with Crippen LogP contribution in [0.5, 0.6) is 5.75 Å². The molecule has 0 aliphatic heterocycles. The molecule has 0 spiro atoms. The van der Waals surface area contributed by atoms with E-state index >= 15 is 0 Å². The SMILES string of the molecule is CCCC(F)c1ccc(-c2cc(CN)ncc2OC)cn1. The lowest BCUT2D eigenvalue weighted by Gasteiger charge is -2.11. The number of pyridine rings is 2. The van der Waals surface area contributed by atoms with E-state index in [1.165, 1.54) is 0 Å². The maximum atomic E-state index is 13.8.